The number of halogens is 9. The molecular formula is C43H42BCl2F6IN8O11S2U. The fraction of sp³-hybridized carbons (Fsp3) is 0.302. The average molecular weight is 1470 g/mol. The molecular weight excluding hydrogens is 1430 g/mol. The van der Waals surface area contributed by atoms with Gasteiger partial charge in [0, 0.05) is 65.4 Å². The molecule has 0 atom stereocenters. The van der Waals surface area contributed by atoms with Gasteiger partial charge in [0.05, 0.1) is 45.0 Å². The van der Waals surface area contributed by atoms with Crippen LogP contribution in [0.3, 0.4) is 0 Å². The third-order valence-electron chi connectivity index (χ3n) is 10.9. The number of primary sulfonamides is 1. The standard InChI is InChI=1S/C21H18ClF3N4O5S.C15H13ClF3N3O3.C6H7NO3S.CH3I.BH.U/c22-18-15(19(31)28-35(32,33)14-3-1-13(30)2-4-14)5-6-16(26-18)29-11-7-17(27-29)34-12-10-20(8-9-20)21(23,24)25;16-12-9(13(23)24)1-2-10(20-12)22-7-3-11(21-22)25-8-6-14(4-5-14)15(17,18)19;7-11(9,10)6-3-1-5(8)2-4-6;1-2;;/h1-7,11,30H,8-10,12H2,(H,28,31);1-3,7H,4-6,8H2,(H,23,24);1-4,8H,(H2,7,9,10);1H3;1H;/i;;;2*1D;. The molecule has 4 aromatic heterocycles. The van der Waals surface area contributed by atoms with E-state index in [0.717, 1.165) is 24.3 Å². The number of sulfonamides is 2. The predicted molar refractivity (Wildman–Crippen MR) is 265 cm³/mol. The number of rotatable bonds is 15. The molecule has 6 N–H and O–H groups in total. The maximum absolute atomic E-state index is 13.0. The maximum atomic E-state index is 13.0. The number of benzene rings is 2. The summed E-state index contributed by atoms with van der Waals surface area (Å²) in [6.07, 6.45) is -5.36. The number of nitrogens with one attached hydrogen (secondary N) is 1. The summed E-state index contributed by atoms with van der Waals surface area (Å²) < 4.78 is 150. The van der Waals surface area contributed by atoms with Crippen LogP contribution < -0.4 is 19.3 Å². The monoisotopic (exact) mass is 1470 g/mol. The molecule has 2 fully saturated rings. The van der Waals surface area contributed by atoms with Crippen molar-refractivity contribution in [1.82, 2.24) is 34.3 Å². The van der Waals surface area contributed by atoms with Gasteiger partial charge >= 0.3 is 18.3 Å². The third kappa shape index (κ3) is 17.3. The van der Waals surface area contributed by atoms with Crippen molar-refractivity contribution in [3.05, 3.63) is 119 Å². The van der Waals surface area contributed by atoms with Gasteiger partial charge in [-0.3, -0.25) is 4.79 Å². The molecule has 2 aliphatic carbocycles. The van der Waals surface area contributed by atoms with Gasteiger partial charge in [0.25, 0.3) is 15.9 Å². The quantitative estimate of drug-likeness (QED) is 0.0214. The summed E-state index contributed by atoms with van der Waals surface area (Å²) in [5.41, 5.74) is -3.65. The Morgan fingerprint density at radius 1 is 0.733 bits per heavy atom. The number of aromatic nitrogens is 6. The third-order valence-corrected chi connectivity index (χ3v) is 13.7. The number of phenols is 2. The van der Waals surface area contributed by atoms with E-state index in [9.17, 15) is 57.9 Å². The Morgan fingerprint density at radius 3 is 1.44 bits per heavy atom. The number of pyridine rings is 2. The van der Waals surface area contributed by atoms with E-state index in [2.05, 4.69) is 28.5 Å². The zero-order chi connectivity index (χ0) is 56.9. The van der Waals surface area contributed by atoms with Crippen molar-refractivity contribution < 1.29 is 110 Å². The molecule has 4 heterocycles. The molecule has 0 spiro atoms. The van der Waals surface area contributed by atoms with E-state index in [1.807, 2.05) is 27.3 Å². The van der Waals surface area contributed by atoms with Gasteiger partial charge in [-0.1, -0.05) is 45.8 Å². The van der Waals surface area contributed by atoms with E-state index in [1.54, 1.807) is 0 Å². The first-order chi connectivity index (χ1) is 35.5. The second-order valence-electron chi connectivity index (χ2n) is 15.7. The molecule has 0 unspecified atom stereocenters. The van der Waals surface area contributed by atoms with Gasteiger partial charge in [-0.15, -0.1) is 10.2 Å². The van der Waals surface area contributed by atoms with Crippen LogP contribution in [0.2, 0.25) is 10.3 Å². The summed E-state index contributed by atoms with van der Waals surface area (Å²) in [5.74, 6) is -1.69. The van der Waals surface area contributed by atoms with Gasteiger partial charge < -0.3 is 24.8 Å². The Labute approximate surface area is 476 Å². The molecule has 0 bridgehead atoms. The van der Waals surface area contributed by atoms with Crippen molar-refractivity contribution in [3.63, 3.8) is 0 Å². The summed E-state index contributed by atoms with van der Waals surface area (Å²) >= 11 is 13.8. The second-order valence-corrected chi connectivity index (χ2v) is 19.7. The van der Waals surface area contributed by atoms with Gasteiger partial charge in [-0.05, 0) is 118 Å². The number of hydrogen-bond acceptors (Lipinski definition) is 14. The summed E-state index contributed by atoms with van der Waals surface area (Å²) in [5, 5.41) is 39.4. The zero-order valence-corrected chi connectivity index (χ0v) is 47.7. The number of aromatic carboxylic acids is 1. The Morgan fingerprint density at radius 2 is 1.11 bits per heavy atom. The van der Waals surface area contributed by atoms with Gasteiger partial charge in [0.15, 0.2) is 11.6 Å². The number of hydrogen-bond donors (Lipinski definition) is 5. The summed E-state index contributed by atoms with van der Waals surface area (Å²) in [6, 6.07) is 17.8. The smallest absolute Gasteiger partial charge is 0.394 e. The number of carboxylic acids is 1. The van der Waals surface area contributed by atoms with Crippen LogP contribution in [-0.2, 0) is 20.0 Å². The van der Waals surface area contributed by atoms with Crippen LogP contribution >= 0.6 is 45.8 Å². The first kappa shape index (κ1) is 61.0. The number of ether oxygens (including phenoxy) is 2. The Hall–Kier alpha value is -4.83. The molecule has 2 aromatic carbocycles. The molecule has 75 heavy (non-hydrogen) atoms. The number of carbonyl (C=O) groups is 2. The minimum absolute atomic E-state index is 0. The Bertz CT molecular complexity index is 3170. The first-order valence-corrected chi connectivity index (χ1v) is 26.0. The van der Waals surface area contributed by atoms with Crippen LogP contribution in [-0.4, -0.2) is 114 Å². The van der Waals surface area contributed by atoms with Gasteiger partial charge in [-0.25, -0.2) is 50.8 Å². The molecule has 6 aromatic rings. The Kier molecular flexibility index (Phi) is 21.5. The zero-order valence-electron chi connectivity index (χ0n) is 40.3. The number of phenolic OH excluding ortho intramolecular Hbond substituents is 2. The molecule has 2 radical (unpaired) electrons. The number of alkyl halides is 7. The summed E-state index contributed by atoms with van der Waals surface area (Å²) in [7, 11) is -4.11. The van der Waals surface area contributed by atoms with Crippen molar-refractivity contribution in [2.24, 2.45) is 16.0 Å². The molecule has 1 amide bonds. The van der Waals surface area contributed by atoms with E-state index in [0.29, 0.717) is 4.91 Å². The van der Waals surface area contributed by atoms with Crippen LogP contribution in [0, 0.1) is 41.9 Å². The number of carboxylic acid groups (broad SMARTS) is 1. The number of amides is 1. The average Bonchev–Trinajstić information content (AvgIpc) is 4.22. The van der Waals surface area contributed by atoms with E-state index in [1.165, 1.54) is 82.4 Å². The van der Waals surface area contributed by atoms with Crippen molar-refractivity contribution in [1.29, 1.82) is 1.34 Å². The van der Waals surface area contributed by atoms with E-state index < -0.39 is 55.1 Å². The van der Waals surface area contributed by atoms with Crippen LogP contribution in [0.15, 0.2) is 107 Å². The van der Waals surface area contributed by atoms with Crippen molar-refractivity contribution in [3.8, 4) is 34.9 Å². The van der Waals surface area contributed by atoms with Crippen LogP contribution in [0.1, 0.15) is 60.6 Å². The maximum Gasteiger partial charge on any atom is 0.394 e. The number of carbonyl (C=O) groups excluding carboxylic acids is 1. The predicted octanol–water partition coefficient (Wildman–Crippen LogP) is 8.03. The van der Waals surface area contributed by atoms with Gasteiger partial charge in [-0.2, -0.15) is 26.3 Å². The van der Waals surface area contributed by atoms with Crippen LogP contribution in [0.5, 0.6) is 23.3 Å². The van der Waals surface area contributed by atoms with Crippen molar-refractivity contribution in [2.45, 2.75) is 60.7 Å². The SMILES string of the molecule is NS(=O)(=O)c1ccc(O)cc1.O=C(NS(=O)(=O)c1ccc(O)cc1)c1ccc(-n2ccc(OCCC3(C(F)(F)F)CC3)n2)nc1Cl.O=C(O)c1ccc(-n2ccc(OCCC3(C(F)(F)F)CC3)n2)nc1Cl.[2H]CI.[2H][B].[U]. The van der Waals surface area contributed by atoms with Gasteiger partial charge in [0.2, 0.25) is 21.8 Å². The minimum Gasteiger partial charge on any atom is -0.508 e. The fourth-order valence-corrected chi connectivity index (χ4v) is 8.26. The Balaban J connectivity index is 0.000000322. The molecule has 0 saturated heterocycles. The number of nitrogens with two attached hydrogens (primary N) is 1. The molecule has 19 nitrogen and oxygen atoms in total. The van der Waals surface area contributed by atoms with E-state index >= 15 is 0 Å². The van der Waals surface area contributed by atoms with Crippen LogP contribution in [0.25, 0.3) is 11.6 Å². The summed E-state index contributed by atoms with van der Waals surface area (Å²) in [4.78, 5) is 31.5. The largest absolute Gasteiger partial charge is 0.508 e. The molecule has 2 aliphatic rings. The second kappa shape index (κ2) is 26.5. The number of nitrogens with zero attached hydrogens (tertiary/aromatic N) is 6. The molecule has 32 heteroatoms. The van der Waals surface area contributed by atoms with Crippen LogP contribution in [0.4, 0.5) is 26.3 Å². The topological polar surface area (TPSA) is 281 Å². The van der Waals surface area contributed by atoms with E-state index in [4.69, 9.17) is 50.7 Å². The normalized spacial score (nSPS) is 14.3. The van der Waals surface area contributed by atoms with Crippen molar-refractivity contribution >= 4 is 86.1 Å². The summed E-state index contributed by atoms with van der Waals surface area (Å²) in [6.45, 7) is -0.248. The molecule has 0 aliphatic heterocycles. The minimum atomic E-state index is -4.26. The fourth-order valence-electron chi connectivity index (χ4n) is 6.31. The molecule has 2 saturated carbocycles. The molecule has 402 valence electrons. The first-order valence-electron chi connectivity index (χ1n) is 21.9. The number of aromatic hydroxyl groups is 2. The molecule has 8 rings (SSSR count). The van der Waals surface area contributed by atoms with Gasteiger partial charge in [0.1, 0.15) is 21.8 Å². The van der Waals surface area contributed by atoms with E-state index in [-0.39, 0.29) is 149 Å². The van der Waals surface area contributed by atoms with Crippen molar-refractivity contribution in [2.75, 3.05) is 18.1 Å².